The fourth-order valence-corrected chi connectivity index (χ4v) is 1.89. The van der Waals surface area contributed by atoms with Crippen LogP contribution in [0, 0.1) is 19.7 Å². The molecule has 0 heterocycles. The largest absolute Gasteiger partial charge is 0.484 e. The van der Waals surface area contributed by atoms with E-state index in [1.165, 1.54) is 17.7 Å². The zero-order valence-corrected chi connectivity index (χ0v) is 13.4. The van der Waals surface area contributed by atoms with Crippen LogP contribution in [0.2, 0.25) is 0 Å². The molecular formula is C18H19FN2O2. The third-order valence-corrected chi connectivity index (χ3v) is 3.46. The van der Waals surface area contributed by atoms with Gasteiger partial charge in [0.25, 0.3) is 5.91 Å². The van der Waals surface area contributed by atoms with Gasteiger partial charge in [0, 0.05) is 0 Å². The molecule has 2 rings (SSSR count). The Hall–Kier alpha value is -2.69. The van der Waals surface area contributed by atoms with Crippen LogP contribution in [0.5, 0.6) is 5.75 Å². The zero-order chi connectivity index (χ0) is 16.8. The molecule has 0 aliphatic carbocycles. The lowest BCUT2D eigenvalue weighted by Crippen LogP contribution is -2.25. The van der Waals surface area contributed by atoms with Crippen molar-refractivity contribution in [3.05, 3.63) is 65.0 Å². The predicted molar refractivity (Wildman–Crippen MR) is 88.2 cm³/mol. The first-order valence-corrected chi connectivity index (χ1v) is 7.25. The average molecular weight is 314 g/mol. The number of halogens is 1. The highest BCUT2D eigenvalue weighted by atomic mass is 19.1. The second-order valence-corrected chi connectivity index (χ2v) is 5.27. The number of ether oxygens (including phenoxy) is 1. The van der Waals surface area contributed by atoms with E-state index in [0.717, 1.165) is 11.1 Å². The smallest absolute Gasteiger partial charge is 0.277 e. The summed E-state index contributed by atoms with van der Waals surface area (Å²) in [4.78, 5) is 11.8. The van der Waals surface area contributed by atoms with Crippen molar-refractivity contribution in [1.29, 1.82) is 0 Å². The Morgan fingerprint density at radius 3 is 2.48 bits per heavy atom. The molecule has 0 aliphatic rings. The maximum atomic E-state index is 12.9. The summed E-state index contributed by atoms with van der Waals surface area (Å²) in [7, 11) is 0. The molecule has 0 fully saturated rings. The van der Waals surface area contributed by atoms with Crippen LogP contribution in [-0.4, -0.2) is 18.2 Å². The van der Waals surface area contributed by atoms with Gasteiger partial charge in [0.05, 0.1) is 5.71 Å². The molecule has 1 N–H and O–H groups in total. The van der Waals surface area contributed by atoms with Crippen molar-refractivity contribution in [3.63, 3.8) is 0 Å². The number of hydrogen-bond donors (Lipinski definition) is 1. The fraction of sp³-hybridized carbons (Fsp3) is 0.222. The lowest BCUT2D eigenvalue weighted by atomic mass is 10.1. The van der Waals surface area contributed by atoms with E-state index < -0.39 is 0 Å². The maximum Gasteiger partial charge on any atom is 0.277 e. The van der Waals surface area contributed by atoms with Gasteiger partial charge in [-0.2, -0.15) is 5.10 Å². The Labute approximate surface area is 135 Å². The monoisotopic (exact) mass is 314 g/mol. The van der Waals surface area contributed by atoms with Gasteiger partial charge in [-0.3, -0.25) is 4.79 Å². The number of nitrogens with one attached hydrogen (secondary N) is 1. The van der Waals surface area contributed by atoms with E-state index in [9.17, 15) is 9.18 Å². The second-order valence-electron chi connectivity index (χ2n) is 5.27. The Kier molecular flexibility index (Phi) is 5.46. The van der Waals surface area contributed by atoms with E-state index in [2.05, 4.69) is 10.5 Å². The van der Waals surface area contributed by atoms with Gasteiger partial charge in [0.2, 0.25) is 0 Å². The number of aryl methyl sites for hydroxylation is 2. The summed E-state index contributed by atoms with van der Waals surface area (Å²) >= 11 is 0. The van der Waals surface area contributed by atoms with E-state index in [0.29, 0.717) is 11.5 Å². The van der Waals surface area contributed by atoms with E-state index in [-0.39, 0.29) is 18.3 Å². The quantitative estimate of drug-likeness (QED) is 0.679. The van der Waals surface area contributed by atoms with E-state index in [4.69, 9.17) is 4.74 Å². The number of carbonyl (C=O) groups is 1. The minimum absolute atomic E-state index is 0.122. The average Bonchev–Trinajstić information content (AvgIpc) is 2.54. The van der Waals surface area contributed by atoms with Crippen molar-refractivity contribution >= 4 is 11.6 Å². The summed E-state index contributed by atoms with van der Waals surface area (Å²) in [5.74, 6) is -0.0282. The highest BCUT2D eigenvalue weighted by Crippen LogP contribution is 2.16. The molecule has 4 nitrogen and oxygen atoms in total. The Morgan fingerprint density at radius 1 is 1.13 bits per heavy atom. The molecule has 0 aromatic heterocycles. The van der Waals surface area contributed by atoms with Crippen molar-refractivity contribution in [1.82, 2.24) is 5.43 Å². The number of benzene rings is 2. The molecule has 0 aliphatic heterocycles. The molecule has 2 aromatic carbocycles. The highest BCUT2D eigenvalue weighted by molar-refractivity contribution is 5.99. The first-order chi connectivity index (χ1) is 11.0. The van der Waals surface area contributed by atoms with Gasteiger partial charge < -0.3 is 4.74 Å². The molecule has 2 aromatic rings. The molecule has 0 saturated carbocycles. The van der Waals surface area contributed by atoms with Crippen molar-refractivity contribution in [2.24, 2.45) is 5.10 Å². The summed E-state index contributed by atoms with van der Waals surface area (Å²) in [6, 6.07) is 11.5. The number of hydrazone groups is 1. The normalized spacial score (nSPS) is 11.2. The fourth-order valence-electron chi connectivity index (χ4n) is 1.89. The van der Waals surface area contributed by atoms with Crippen LogP contribution in [0.4, 0.5) is 4.39 Å². The summed E-state index contributed by atoms with van der Waals surface area (Å²) in [6.07, 6.45) is 0. The molecule has 1 amide bonds. The van der Waals surface area contributed by atoms with Crippen LogP contribution in [-0.2, 0) is 4.79 Å². The SMILES string of the molecule is CC(=NNC(=O)COc1ccc(C)c(C)c1)c1ccc(F)cc1. The summed E-state index contributed by atoms with van der Waals surface area (Å²) < 4.78 is 18.3. The Morgan fingerprint density at radius 2 is 1.83 bits per heavy atom. The van der Waals surface area contributed by atoms with Crippen LogP contribution in [0.15, 0.2) is 47.6 Å². The third kappa shape index (κ3) is 4.92. The zero-order valence-electron chi connectivity index (χ0n) is 13.4. The van der Waals surface area contributed by atoms with Crippen LogP contribution in [0.25, 0.3) is 0 Å². The molecule has 120 valence electrons. The van der Waals surface area contributed by atoms with Crippen molar-refractivity contribution < 1.29 is 13.9 Å². The summed E-state index contributed by atoms with van der Waals surface area (Å²) in [5.41, 5.74) is 6.02. The van der Waals surface area contributed by atoms with Gasteiger partial charge >= 0.3 is 0 Å². The molecule has 5 heteroatoms. The Balaban J connectivity index is 1.88. The van der Waals surface area contributed by atoms with Crippen LogP contribution >= 0.6 is 0 Å². The highest BCUT2D eigenvalue weighted by Gasteiger charge is 2.04. The van der Waals surface area contributed by atoms with Crippen LogP contribution < -0.4 is 10.2 Å². The number of hydrogen-bond acceptors (Lipinski definition) is 3. The van der Waals surface area contributed by atoms with Gasteiger partial charge in [-0.1, -0.05) is 18.2 Å². The van der Waals surface area contributed by atoms with Gasteiger partial charge in [0.15, 0.2) is 6.61 Å². The predicted octanol–water partition coefficient (Wildman–Crippen LogP) is 3.36. The molecular weight excluding hydrogens is 295 g/mol. The molecule has 0 bridgehead atoms. The number of carbonyl (C=O) groups excluding carboxylic acids is 1. The van der Waals surface area contributed by atoms with Crippen LogP contribution in [0.3, 0.4) is 0 Å². The van der Waals surface area contributed by atoms with Gasteiger partial charge in [0.1, 0.15) is 11.6 Å². The van der Waals surface area contributed by atoms with Gasteiger partial charge in [-0.05, 0) is 61.7 Å². The first-order valence-electron chi connectivity index (χ1n) is 7.25. The topological polar surface area (TPSA) is 50.7 Å². The van der Waals surface area contributed by atoms with Crippen molar-refractivity contribution in [2.75, 3.05) is 6.61 Å². The number of nitrogens with zero attached hydrogens (tertiary/aromatic N) is 1. The number of amides is 1. The molecule has 0 saturated heterocycles. The van der Waals surface area contributed by atoms with Crippen LogP contribution in [0.1, 0.15) is 23.6 Å². The minimum Gasteiger partial charge on any atom is -0.484 e. The van der Waals surface area contributed by atoms with Gasteiger partial charge in [-0.15, -0.1) is 0 Å². The summed E-state index contributed by atoms with van der Waals surface area (Å²) in [5, 5.41) is 3.98. The van der Waals surface area contributed by atoms with Crippen molar-refractivity contribution in [2.45, 2.75) is 20.8 Å². The standard InChI is InChI=1S/C18H19FN2O2/c1-12-4-9-17(10-13(12)2)23-11-18(22)21-20-14(3)15-5-7-16(19)8-6-15/h4-10H,11H2,1-3H3,(H,21,22). The maximum absolute atomic E-state index is 12.9. The van der Waals surface area contributed by atoms with E-state index in [1.807, 2.05) is 32.0 Å². The third-order valence-electron chi connectivity index (χ3n) is 3.46. The minimum atomic E-state index is -0.357. The molecule has 0 spiro atoms. The lowest BCUT2D eigenvalue weighted by molar-refractivity contribution is -0.123. The molecule has 0 radical (unpaired) electrons. The van der Waals surface area contributed by atoms with Gasteiger partial charge in [-0.25, -0.2) is 9.82 Å². The van der Waals surface area contributed by atoms with Crippen molar-refractivity contribution in [3.8, 4) is 5.75 Å². The van der Waals surface area contributed by atoms with E-state index in [1.54, 1.807) is 19.1 Å². The first kappa shape index (κ1) is 16.7. The lowest BCUT2D eigenvalue weighted by Gasteiger charge is -2.08. The summed E-state index contributed by atoms with van der Waals surface area (Å²) in [6.45, 7) is 5.61. The Bertz CT molecular complexity index is 724. The second kappa shape index (κ2) is 7.54. The van der Waals surface area contributed by atoms with E-state index >= 15 is 0 Å². The molecule has 0 unspecified atom stereocenters. The number of rotatable bonds is 5. The molecule has 23 heavy (non-hydrogen) atoms. The molecule has 0 atom stereocenters.